The van der Waals surface area contributed by atoms with E-state index in [1.807, 2.05) is 50.2 Å². The number of ether oxygens (including phenoxy) is 2. The predicted octanol–water partition coefficient (Wildman–Crippen LogP) is 4.88. The standard InChI is InChI=1S/C22H29NO3/c1-6-23(7-2)22(24)17-12-13-20(25-5)18(14-17)15-26-21-11-9-8-10-19(21)16(3)4/h8-14,16H,6-7,15H2,1-5H3. The van der Waals surface area contributed by atoms with Gasteiger partial charge in [0.1, 0.15) is 18.1 Å². The number of methoxy groups -OCH3 is 1. The van der Waals surface area contributed by atoms with Crippen LogP contribution in [0.2, 0.25) is 0 Å². The molecule has 0 saturated heterocycles. The van der Waals surface area contributed by atoms with Gasteiger partial charge < -0.3 is 14.4 Å². The summed E-state index contributed by atoms with van der Waals surface area (Å²) in [5.41, 5.74) is 2.69. The normalized spacial score (nSPS) is 10.7. The van der Waals surface area contributed by atoms with Crippen molar-refractivity contribution in [2.45, 2.75) is 40.2 Å². The summed E-state index contributed by atoms with van der Waals surface area (Å²) < 4.78 is 11.5. The van der Waals surface area contributed by atoms with Crippen molar-refractivity contribution in [2.24, 2.45) is 0 Å². The molecule has 0 aliphatic heterocycles. The molecular weight excluding hydrogens is 326 g/mol. The molecule has 0 heterocycles. The van der Waals surface area contributed by atoms with Crippen LogP contribution in [0, 0.1) is 0 Å². The first kappa shape index (κ1) is 19.8. The summed E-state index contributed by atoms with van der Waals surface area (Å²) in [5, 5.41) is 0. The highest BCUT2D eigenvalue weighted by Gasteiger charge is 2.16. The molecule has 2 rings (SSSR count). The average molecular weight is 355 g/mol. The van der Waals surface area contributed by atoms with Crippen molar-refractivity contribution in [2.75, 3.05) is 20.2 Å². The van der Waals surface area contributed by atoms with Crippen LogP contribution in [0.4, 0.5) is 0 Å². The van der Waals surface area contributed by atoms with E-state index in [1.54, 1.807) is 12.0 Å². The molecule has 4 heteroatoms. The highest BCUT2D eigenvalue weighted by atomic mass is 16.5. The van der Waals surface area contributed by atoms with Gasteiger partial charge in [-0.1, -0.05) is 32.0 Å². The zero-order valence-electron chi connectivity index (χ0n) is 16.4. The SMILES string of the molecule is CCN(CC)C(=O)c1ccc(OC)c(COc2ccccc2C(C)C)c1. The molecule has 0 atom stereocenters. The Morgan fingerprint density at radius 2 is 1.73 bits per heavy atom. The van der Waals surface area contributed by atoms with Crippen molar-refractivity contribution in [3.8, 4) is 11.5 Å². The number of carbonyl (C=O) groups excluding carboxylic acids is 1. The fourth-order valence-electron chi connectivity index (χ4n) is 2.96. The van der Waals surface area contributed by atoms with E-state index in [2.05, 4.69) is 19.9 Å². The summed E-state index contributed by atoms with van der Waals surface area (Å²) in [6, 6.07) is 13.6. The Morgan fingerprint density at radius 1 is 1.04 bits per heavy atom. The number of rotatable bonds is 8. The molecule has 0 radical (unpaired) electrons. The second kappa shape index (κ2) is 9.27. The number of benzene rings is 2. The maximum absolute atomic E-state index is 12.6. The molecule has 0 fully saturated rings. The van der Waals surface area contributed by atoms with Crippen molar-refractivity contribution in [3.63, 3.8) is 0 Å². The van der Waals surface area contributed by atoms with Gasteiger partial charge >= 0.3 is 0 Å². The summed E-state index contributed by atoms with van der Waals surface area (Å²) >= 11 is 0. The van der Waals surface area contributed by atoms with Gasteiger partial charge in [-0.2, -0.15) is 0 Å². The molecule has 0 spiro atoms. The van der Waals surface area contributed by atoms with E-state index >= 15 is 0 Å². The second-order valence-corrected chi connectivity index (χ2v) is 6.49. The Morgan fingerprint density at radius 3 is 2.35 bits per heavy atom. The minimum Gasteiger partial charge on any atom is -0.496 e. The maximum Gasteiger partial charge on any atom is 0.253 e. The number of hydrogen-bond acceptors (Lipinski definition) is 3. The highest BCUT2D eigenvalue weighted by Crippen LogP contribution is 2.28. The zero-order chi connectivity index (χ0) is 19.1. The van der Waals surface area contributed by atoms with Crippen LogP contribution >= 0.6 is 0 Å². The van der Waals surface area contributed by atoms with Crippen molar-refractivity contribution < 1.29 is 14.3 Å². The van der Waals surface area contributed by atoms with Crippen LogP contribution < -0.4 is 9.47 Å². The van der Waals surface area contributed by atoms with Crippen LogP contribution in [0.3, 0.4) is 0 Å². The molecule has 0 bridgehead atoms. The molecule has 0 aliphatic carbocycles. The zero-order valence-corrected chi connectivity index (χ0v) is 16.4. The molecule has 2 aromatic carbocycles. The summed E-state index contributed by atoms with van der Waals surface area (Å²) in [7, 11) is 1.63. The highest BCUT2D eigenvalue weighted by molar-refractivity contribution is 5.94. The van der Waals surface area contributed by atoms with Crippen molar-refractivity contribution >= 4 is 5.91 Å². The van der Waals surface area contributed by atoms with Crippen LogP contribution in [0.5, 0.6) is 11.5 Å². The van der Waals surface area contributed by atoms with E-state index in [0.717, 1.165) is 17.1 Å². The van der Waals surface area contributed by atoms with E-state index in [4.69, 9.17) is 9.47 Å². The van der Waals surface area contributed by atoms with E-state index in [9.17, 15) is 4.79 Å². The first-order valence-electron chi connectivity index (χ1n) is 9.19. The van der Waals surface area contributed by atoms with Gasteiger partial charge in [0.15, 0.2) is 0 Å². The lowest BCUT2D eigenvalue weighted by molar-refractivity contribution is 0.0772. The van der Waals surface area contributed by atoms with Gasteiger partial charge in [0.05, 0.1) is 7.11 Å². The van der Waals surface area contributed by atoms with Gasteiger partial charge in [-0.05, 0) is 49.6 Å². The third-order valence-corrected chi connectivity index (χ3v) is 4.50. The molecule has 1 amide bonds. The van der Waals surface area contributed by atoms with Gasteiger partial charge in [-0.25, -0.2) is 0 Å². The fourth-order valence-corrected chi connectivity index (χ4v) is 2.96. The van der Waals surface area contributed by atoms with Gasteiger partial charge in [-0.3, -0.25) is 4.79 Å². The Labute approximate surface area is 156 Å². The lowest BCUT2D eigenvalue weighted by Crippen LogP contribution is -2.30. The topological polar surface area (TPSA) is 38.8 Å². The number of nitrogens with zero attached hydrogens (tertiary/aromatic N) is 1. The first-order chi connectivity index (χ1) is 12.5. The molecule has 140 valence electrons. The first-order valence-corrected chi connectivity index (χ1v) is 9.19. The molecule has 0 N–H and O–H groups in total. The lowest BCUT2D eigenvalue weighted by atomic mass is 10.0. The molecule has 0 aliphatic rings. The number of carbonyl (C=O) groups is 1. The van der Waals surface area contributed by atoms with Crippen LogP contribution in [-0.4, -0.2) is 31.0 Å². The molecule has 2 aromatic rings. The summed E-state index contributed by atoms with van der Waals surface area (Å²) in [5.74, 6) is 2.00. The van der Waals surface area contributed by atoms with E-state index in [1.165, 1.54) is 5.56 Å². The van der Waals surface area contributed by atoms with Gasteiger partial charge in [-0.15, -0.1) is 0 Å². The lowest BCUT2D eigenvalue weighted by Gasteiger charge is -2.20. The molecule has 0 saturated carbocycles. The van der Waals surface area contributed by atoms with E-state index in [-0.39, 0.29) is 5.91 Å². The molecule has 0 aromatic heterocycles. The molecule has 26 heavy (non-hydrogen) atoms. The number of para-hydroxylation sites is 1. The van der Waals surface area contributed by atoms with Crippen molar-refractivity contribution in [3.05, 3.63) is 59.2 Å². The minimum absolute atomic E-state index is 0.0292. The third kappa shape index (κ3) is 4.57. The number of hydrogen-bond donors (Lipinski definition) is 0. The Kier molecular flexibility index (Phi) is 7.07. The smallest absolute Gasteiger partial charge is 0.253 e. The van der Waals surface area contributed by atoms with Crippen LogP contribution in [-0.2, 0) is 6.61 Å². The largest absolute Gasteiger partial charge is 0.496 e. The van der Waals surface area contributed by atoms with Crippen molar-refractivity contribution in [1.29, 1.82) is 0 Å². The summed E-state index contributed by atoms with van der Waals surface area (Å²) in [6.07, 6.45) is 0. The van der Waals surface area contributed by atoms with Crippen LogP contribution in [0.25, 0.3) is 0 Å². The predicted molar refractivity (Wildman–Crippen MR) is 105 cm³/mol. The Balaban J connectivity index is 2.26. The van der Waals surface area contributed by atoms with E-state index < -0.39 is 0 Å². The van der Waals surface area contributed by atoms with Gasteiger partial charge in [0, 0.05) is 24.2 Å². The van der Waals surface area contributed by atoms with Gasteiger partial charge in [0.25, 0.3) is 5.91 Å². The fraction of sp³-hybridized carbons (Fsp3) is 0.409. The molecule has 4 nitrogen and oxygen atoms in total. The second-order valence-electron chi connectivity index (χ2n) is 6.49. The number of amides is 1. The van der Waals surface area contributed by atoms with E-state index in [0.29, 0.717) is 31.2 Å². The summed E-state index contributed by atoms with van der Waals surface area (Å²) in [4.78, 5) is 14.4. The van der Waals surface area contributed by atoms with Crippen LogP contribution in [0.1, 0.15) is 55.1 Å². The minimum atomic E-state index is 0.0292. The quantitative estimate of drug-likeness (QED) is 0.677. The monoisotopic (exact) mass is 355 g/mol. The Bertz CT molecular complexity index is 736. The van der Waals surface area contributed by atoms with Crippen molar-refractivity contribution in [1.82, 2.24) is 4.90 Å². The molecule has 0 unspecified atom stereocenters. The molecular formula is C22H29NO3. The average Bonchev–Trinajstić information content (AvgIpc) is 2.67. The van der Waals surface area contributed by atoms with Gasteiger partial charge in [0.2, 0.25) is 0 Å². The Hall–Kier alpha value is -2.49. The third-order valence-electron chi connectivity index (χ3n) is 4.50. The van der Waals surface area contributed by atoms with Crippen LogP contribution in [0.15, 0.2) is 42.5 Å². The maximum atomic E-state index is 12.6. The summed E-state index contributed by atoms with van der Waals surface area (Å²) in [6.45, 7) is 9.99.